The summed E-state index contributed by atoms with van der Waals surface area (Å²) in [6.07, 6.45) is 2.98. The van der Waals surface area contributed by atoms with Gasteiger partial charge in [0.1, 0.15) is 0 Å². The van der Waals surface area contributed by atoms with E-state index >= 15 is 0 Å². The average molecular weight is 353 g/mol. The molecule has 2 aliphatic rings. The van der Waals surface area contributed by atoms with E-state index in [9.17, 15) is 4.79 Å². The number of fused-ring (bicyclic) bond motifs is 2. The molecule has 1 aromatic rings. The van der Waals surface area contributed by atoms with E-state index in [1.54, 1.807) is 0 Å². The first-order chi connectivity index (χ1) is 10.8. The minimum atomic E-state index is -0.0706. The molecule has 1 aromatic carbocycles. The van der Waals surface area contributed by atoms with E-state index in [1.165, 1.54) is 18.1 Å². The number of rotatable bonds is 2. The lowest BCUT2D eigenvalue weighted by atomic mass is 9.73. The molecule has 3 rings (SSSR count). The smallest absolute Gasteiger partial charge is 0.220 e. The molecule has 1 atom stereocenters. The molecule has 1 fully saturated rings. The topological polar surface area (TPSA) is 32.3 Å². The number of benzene rings is 1. The number of piperidine rings is 1. The van der Waals surface area contributed by atoms with E-state index in [4.69, 9.17) is 23.4 Å². The number of hydrogen-bond donors (Lipinski definition) is 1. The van der Waals surface area contributed by atoms with Gasteiger partial charge in [0, 0.05) is 36.7 Å². The van der Waals surface area contributed by atoms with Crippen molar-refractivity contribution in [3.05, 3.63) is 46.1 Å². The van der Waals surface area contributed by atoms with Crippen LogP contribution in [0.15, 0.2) is 24.4 Å². The first kappa shape index (κ1) is 16.8. The van der Waals surface area contributed by atoms with Gasteiger partial charge >= 0.3 is 0 Å². The van der Waals surface area contributed by atoms with Crippen molar-refractivity contribution in [1.29, 1.82) is 0 Å². The van der Waals surface area contributed by atoms with Gasteiger partial charge in [-0.25, -0.2) is 4.42 Å². The van der Waals surface area contributed by atoms with Gasteiger partial charge in [-0.1, -0.05) is 24.2 Å². The number of aryl methyl sites for hydroxylation is 1. The predicted molar refractivity (Wildman–Crippen MR) is 94.8 cm³/mol. The lowest BCUT2D eigenvalue weighted by Crippen LogP contribution is -2.37. The van der Waals surface area contributed by atoms with Crippen molar-refractivity contribution in [2.45, 2.75) is 44.4 Å². The lowest BCUT2D eigenvalue weighted by Gasteiger charge is -2.38. The SMILES string of the molecule is C=C(NC(C)=O)C1CC2(CCN(Cl)CC2)c2cc(Cl)c(C)cc21. The summed E-state index contributed by atoms with van der Waals surface area (Å²) >= 11 is 12.6. The number of nitrogens with zero attached hydrogens (tertiary/aromatic N) is 1. The number of allylic oxidation sites excluding steroid dienone is 1. The second-order valence-corrected chi connectivity index (χ2v) is 7.73. The highest BCUT2D eigenvalue weighted by molar-refractivity contribution is 6.31. The predicted octanol–water partition coefficient (Wildman–Crippen LogP) is 4.27. The van der Waals surface area contributed by atoms with Crippen LogP contribution in [-0.2, 0) is 10.2 Å². The van der Waals surface area contributed by atoms with E-state index < -0.39 is 0 Å². The molecule has 3 nitrogen and oxygen atoms in total. The summed E-state index contributed by atoms with van der Waals surface area (Å²) in [6, 6.07) is 4.29. The van der Waals surface area contributed by atoms with Crippen LogP contribution in [0, 0.1) is 6.92 Å². The zero-order valence-electron chi connectivity index (χ0n) is 13.6. The van der Waals surface area contributed by atoms with E-state index in [0.29, 0.717) is 0 Å². The van der Waals surface area contributed by atoms with Crippen LogP contribution in [0.3, 0.4) is 0 Å². The third kappa shape index (κ3) is 3.02. The summed E-state index contributed by atoms with van der Waals surface area (Å²) in [5, 5.41) is 3.70. The molecular formula is C18H22Cl2N2O. The van der Waals surface area contributed by atoms with Gasteiger partial charge in [-0.2, -0.15) is 0 Å². The molecule has 23 heavy (non-hydrogen) atoms. The van der Waals surface area contributed by atoms with E-state index in [1.807, 2.05) is 11.3 Å². The summed E-state index contributed by atoms with van der Waals surface area (Å²) in [4.78, 5) is 11.4. The Bertz CT molecular complexity index is 663. The Balaban J connectivity index is 2.03. The van der Waals surface area contributed by atoms with Crippen LogP contribution in [0.1, 0.15) is 48.8 Å². The van der Waals surface area contributed by atoms with Crippen molar-refractivity contribution in [2.24, 2.45) is 0 Å². The third-order valence-electron chi connectivity index (χ3n) is 5.30. The molecule has 0 aromatic heterocycles. The first-order valence-electron chi connectivity index (χ1n) is 8.00. The van der Waals surface area contributed by atoms with Crippen molar-refractivity contribution in [3.63, 3.8) is 0 Å². The number of nitrogens with one attached hydrogen (secondary N) is 1. The molecular weight excluding hydrogens is 331 g/mol. The Hall–Kier alpha value is -1.03. The highest BCUT2D eigenvalue weighted by Crippen LogP contribution is 2.54. The number of carbonyl (C=O) groups is 1. The van der Waals surface area contributed by atoms with Gasteiger partial charge in [-0.15, -0.1) is 0 Å². The molecule has 1 unspecified atom stereocenters. The van der Waals surface area contributed by atoms with E-state index in [2.05, 4.69) is 24.0 Å². The Labute approximate surface area is 147 Å². The Kier molecular flexibility index (Phi) is 4.47. The fourth-order valence-electron chi connectivity index (χ4n) is 4.07. The summed E-state index contributed by atoms with van der Waals surface area (Å²) in [6.45, 7) is 9.40. The molecule has 0 bridgehead atoms. The quantitative estimate of drug-likeness (QED) is 0.806. The van der Waals surface area contributed by atoms with Crippen molar-refractivity contribution >= 4 is 29.3 Å². The largest absolute Gasteiger partial charge is 0.330 e. The van der Waals surface area contributed by atoms with Crippen LogP contribution >= 0.6 is 23.4 Å². The second-order valence-electron chi connectivity index (χ2n) is 6.84. The van der Waals surface area contributed by atoms with Gasteiger partial charge in [0.25, 0.3) is 0 Å². The highest BCUT2D eigenvalue weighted by atomic mass is 35.5. The van der Waals surface area contributed by atoms with Crippen LogP contribution in [0.5, 0.6) is 0 Å². The maximum atomic E-state index is 11.4. The maximum Gasteiger partial charge on any atom is 0.220 e. The molecule has 1 aliphatic heterocycles. The van der Waals surface area contributed by atoms with Crippen LogP contribution < -0.4 is 5.32 Å². The van der Waals surface area contributed by atoms with Crippen molar-refractivity contribution in [1.82, 2.24) is 9.74 Å². The maximum absolute atomic E-state index is 11.4. The van der Waals surface area contributed by atoms with Crippen molar-refractivity contribution in [2.75, 3.05) is 13.1 Å². The monoisotopic (exact) mass is 352 g/mol. The fraction of sp³-hybridized carbons (Fsp3) is 0.500. The summed E-state index contributed by atoms with van der Waals surface area (Å²) in [5.74, 6) is 0.0745. The van der Waals surface area contributed by atoms with Crippen LogP contribution in [-0.4, -0.2) is 23.4 Å². The zero-order chi connectivity index (χ0) is 16.8. The summed E-state index contributed by atoms with van der Waals surface area (Å²) in [7, 11) is 0. The molecule has 0 radical (unpaired) electrons. The summed E-state index contributed by atoms with van der Waals surface area (Å²) < 4.78 is 1.86. The molecule has 1 amide bonds. The highest BCUT2D eigenvalue weighted by Gasteiger charge is 2.46. The van der Waals surface area contributed by atoms with E-state index in [-0.39, 0.29) is 17.2 Å². The van der Waals surface area contributed by atoms with Crippen LogP contribution in [0.2, 0.25) is 5.02 Å². The first-order valence-corrected chi connectivity index (χ1v) is 8.72. The number of hydrogen-bond acceptors (Lipinski definition) is 2. The minimum Gasteiger partial charge on any atom is -0.330 e. The van der Waals surface area contributed by atoms with Crippen LogP contribution in [0.4, 0.5) is 0 Å². The molecule has 1 aliphatic carbocycles. The molecule has 5 heteroatoms. The van der Waals surface area contributed by atoms with Gasteiger partial charge in [0.2, 0.25) is 5.91 Å². The molecule has 1 saturated heterocycles. The molecule has 1 N–H and O–H groups in total. The van der Waals surface area contributed by atoms with Crippen molar-refractivity contribution < 1.29 is 4.79 Å². The average Bonchev–Trinajstić information content (AvgIpc) is 2.77. The van der Waals surface area contributed by atoms with Gasteiger partial charge in [-0.3, -0.25) is 4.79 Å². The van der Waals surface area contributed by atoms with Crippen molar-refractivity contribution in [3.8, 4) is 0 Å². The second kappa shape index (κ2) is 6.12. The molecule has 124 valence electrons. The Morgan fingerprint density at radius 3 is 2.65 bits per heavy atom. The van der Waals surface area contributed by atoms with Gasteiger partial charge in [0.15, 0.2) is 0 Å². The fourth-order valence-corrected chi connectivity index (χ4v) is 4.40. The molecule has 1 heterocycles. The number of carbonyl (C=O) groups excluding carboxylic acids is 1. The van der Waals surface area contributed by atoms with Gasteiger partial charge in [-0.05, 0) is 66.1 Å². The third-order valence-corrected chi connectivity index (χ3v) is 6.04. The van der Waals surface area contributed by atoms with Gasteiger partial charge < -0.3 is 5.32 Å². The molecule has 0 saturated carbocycles. The Morgan fingerprint density at radius 2 is 2.04 bits per heavy atom. The minimum absolute atomic E-state index is 0.0706. The zero-order valence-corrected chi connectivity index (χ0v) is 15.1. The molecule has 1 spiro atoms. The van der Waals surface area contributed by atoms with Crippen LogP contribution in [0.25, 0.3) is 0 Å². The number of halogens is 2. The lowest BCUT2D eigenvalue weighted by molar-refractivity contribution is -0.118. The van der Waals surface area contributed by atoms with E-state index in [0.717, 1.165) is 48.6 Å². The van der Waals surface area contributed by atoms with Gasteiger partial charge in [0.05, 0.1) is 0 Å². The Morgan fingerprint density at radius 1 is 1.39 bits per heavy atom. The summed E-state index contributed by atoms with van der Waals surface area (Å²) in [5.41, 5.74) is 4.51. The number of amides is 1. The standard InChI is InChI=1S/C18H22Cl2N2O/c1-11-8-14-15(12(2)21-13(3)23)10-18(16(14)9-17(11)19)4-6-22(20)7-5-18/h8-9,15H,2,4-7,10H2,1,3H3,(H,21,23). The normalized spacial score (nSPS) is 22.9.